The standard InChI is InChI=1S/C17H29N3O4S/c1-12-9-13-14(10-17(2,3)11-15(13)24-12)19-16(21)18-7-6-8-20(4)25(5,22)23/h9,14H,6-8,10-11H2,1-5H3,(H2,18,19,21)/t14-/m1/s1. The van der Waals surface area contributed by atoms with Crippen molar-refractivity contribution in [3.05, 3.63) is 23.2 Å². The van der Waals surface area contributed by atoms with Crippen LogP contribution in [0.1, 0.15) is 49.8 Å². The fourth-order valence-corrected chi connectivity index (χ4v) is 3.65. The van der Waals surface area contributed by atoms with Gasteiger partial charge in [-0.25, -0.2) is 17.5 Å². The molecule has 0 saturated heterocycles. The smallest absolute Gasteiger partial charge is 0.315 e. The van der Waals surface area contributed by atoms with Crippen molar-refractivity contribution in [2.24, 2.45) is 5.41 Å². The number of furan rings is 1. The highest BCUT2D eigenvalue weighted by atomic mass is 32.2. The van der Waals surface area contributed by atoms with Crippen molar-refractivity contribution in [3.8, 4) is 0 Å². The molecule has 25 heavy (non-hydrogen) atoms. The number of urea groups is 1. The molecular weight excluding hydrogens is 342 g/mol. The van der Waals surface area contributed by atoms with Crippen LogP contribution in [-0.2, 0) is 16.4 Å². The highest BCUT2D eigenvalue weighted by molar-refractivity contribution is 7.88. The van der Waals surface area contributed by atoms with Crippen LogP contribution in [-0.4, -0.2) is 45.1 Å². The van der Waals surface area contributed by atoms with Gasteiger partial charge in [0.2, 0.25) is 10.0 Å². The van der Waals surface area contributed by atoms with Gasteiger partial charge in [0.1, 0.15) is 11.5 Å². The van der Waals surface area contributed by atoms with Crippen LogP contribution < -0.4 is 10.6 Å². The molecule has 0 unspecified atom stereocenters. The highest BCUT2D eigenvalue weighted by Crippen LogP contribution is 2.41. The summed E-state index contributed by atoms with van der Waals surface area (Å²) >= 11 is 0. The number of sulfonamides is 1. The van der Waals surface area contributed by atoms with E-state index in [4.69, 9.17) is 4.42 Å². The largest absolute Gasteiger partial charge is 0.466 e. The van der Waals surface area contributed by atoms with E-state index < -0.39 is 10.0 Å². The maximum atomic E-state index is 12.2. The van der Waals surface area contributed by atoms with Crippen LogP contribution in [0.15, 0.2) is 10.5 Å². The van der Waals surface area contributed by atoms with E-state index in [2.05, 4.69) is 24.5 Å². The number of nitrogens with zero attached hydrogens (tertiary/aromatic N) is 1. The predicted molar refractivity (Wildman–Crippen MR) is 96.9 cm³/mol. The summed E-state index contributed by atoms with van der Waals surface area (Å²) in [5, 5.41) is 5.82. The molecule has 0 aromatic carbocycles. The van der Waals surface area contributed by atoms with Gasteiger partial charge in [-0.15, -0.1) is 0 Å². The quantitative estimate of drug-likeness (QED) is 0.750. The lowest BCUT2D eigenvalue weighted by Gasteiger charge is -2.34. The molecule has 0 radical (unpaired) electrons. The van der Waals surface area contributed by atoms with E-state index >= 15 is 0 Å². The van der Waals surface area contributed by atoms with Gasteiger partial charge in [0, 0.05) is 32.1 Å². The summed E-state index contributed by atoms with van der Waals surface area (Å²) in [6.07, 6.45) is 3.45. The molecule has 7 nitrogen and oxygen atoms in total. The Morgan fingerprint density at radius 3 is 2.76 bits per heavy atom. The summed E-state index contributed by atoms with van der Waals surface area (Å²) in [5.74, 6) is 1.81. The summed E-state index contributed by atoms with van der Waals surface area (Å²) in [6.45, 7) is 7.04. The lowest BCUT2D eigenvalue weighted by molar-refractivity contribution is 0.214. The molecule has 0 bridgehead atoms. The molecule has 142 valence electrons. The third kappa shape index (κ3) is 5.47. The number of fused-ring (bicyclic) bond motifs is 1. The third-order valence-electron chi connectivity index (χ3n) is 4.54. The molecule has 1 aliphatic carbocycles. The topological polar surface area (TPSA) is 91.7 Å². The first-order valence-electron chi connectivity index (χ1n) is 8.53. The number of nitrogens with one attached hydrogen (secondary N) is 2. The summed E-state index contributed by atoms with van der Waals surface area (Å²) < 4.78 is 29.7. The van der Waals surface area contributed by atoms with Crippen molar-refractivity contribution in [1.29, 1.82) is 0 Å². The predicted octanol–water partition coefficient (Wildman–Crippen LogP) is 2.18. The third-order valence-corrected chi connectivity index (χ3v) is 5.86. The molecule has 1 heterocycles. The molecule has 1 aromatic heterocycles. The zero-order chi connectivity index (χ0) is 18.8. The van der Waals surface area contributed by atoms with Gasteiger partial charge in [-0.05, 0) is 31.2 Å². The first kappa shape index (κ1) is 19.8. The zero-order valence-electron chi connectivity index (χ0n) is 15.7. The van der Waals surface area contributed by atoms with Crippen LogP contribution in [0.25, 0.3) is 0 Å². The van der Waals surface area contributed by atoms with Gasteiger partial charge in [0.15, 0.2) is 0 Å². The SMILES string of the molecule is Cc1cc2c(o1)CC(C)(C)C[C@H]2NC(=O)NCCCN(C)S(C)(=O)=O. The van der Waals surface area contributed by atoms with Crippen LogP contribution >= 0.6 is 0 Å². The van der Waals surface area contributed by atoms with Gasteiger partial charge in [0.05, 0.1) is 12.3 Å². The zero-order valence-corrected chi connectivity index (χ0v) is 16.5. The molecular formula is C17H29N3O4S. The first-order valence-corrected chi connectivity index (χ1v) is 10.4. The lowest BCUT2D eigenvalue weighted by Crippen LogP contribution is -2.42. The summed E-state index contributed by atoms with van der Waals surface area (Å²) in [6, 6.07) is 1.68. The average Bonchev–Trinajstić information content (AvgIpc) is 2.81. The minimum absolute atomic E-state index is 0.0629. The second-order valence-electron chi connectivity index (χ2n) is 7.67. The fraction of sp³-hybridized carbons (Fsp3) is 0.706. The van der Waals surface area contributed by atoms with E-state index in [1.807, 2.05) is 13.0 Å². The summed E-state index contributed by atoms with van der Waals surface area (Å²) in [7, 11) is -1.65. The number of aryl methyl sites for hydroxylation is 1. The van der Waals surface area contributed by atoms with E-state index in [1.54, 1.807) is 0 Å². The molecule has 1 aliphatic rings. The van der Waals surface area contributed by atoms with Crippen LogP contribution in [0.3, 0.4) is 0 Å². The molecule has 8 heteroatoms. The number of rotatable bonds is 6. The number of carbonyl (C=O) groups excluding carboxylic acids is 1. The molecule has 2 N–H and O–H groups in total. The van der Waals surface area contributed by atoms with Crippen LogP contribution in [0, 0.1) is 12.3 Å². The van der Waals surface area contributed by atoms with E-state index in [-0.39, 0.29) is 17.5 Å². The van der Waals surface area contributed by atoms with Crippen molar-refractivity contribution in [2.75, 3.05) is 26.4 Å². The second-order valence-corrected chi connectivity index (χ2v) is 9.76. The number of carbonyl (C=O) groups is 1. The number of hydrogen-bond acceptors (Lipinski definition) is 4. The fourth-order valence-electron chi connectivity index (χ4n) is 3.19. The minimum Gasteiger partial charge on any atom is -0.466 e. The monoisotopic (exact) mass is 371 g/mol. The van der Waals surface area contributed by atoms with Gasteiger partial charge in [-0.3, -0.25) is 0 Å². The molecule has 1 atom stereocenters. The Hall–Kier alpha value is -1.54. The average molecular weight is 372 g/mol. The summed E-state index contributed by atoms with van der Waals surface area (Å²) in [4.78, 5) is 12.2. The van der Waals surface area contributed by atoms with Gasteiger partial charge in [0.25, 0.3) is 0 Å². The van der Waals surface area contributed by atoms with E-state index in [1.165, 1.54) is 17.6 Å². The molecule has 0 spiro atoms. The Labute approximate surface area is 150 Å². The van der Waals surface area contributed by atoms with Gasteiger partial charge >= 0.3 is 6.03 Å². The molecule has 0 aliphatic heterocycles. The Morgan fingerprint density at radius 2 is 2.12 bits per heavy atom. The molecule has 0 saturated carbocycles. The molecule has 2 rings (SSSR count). The van der Waals surface area contributed by atoms with Crippen molar-refractivity contribution in [1.82, 2.24) is 14.9 Å². The Balaban J connectivity index is 1.86. The number of hydrogen-bond donors (Lipinski definition) is 2. The van der Waals surface area contributed by atoms with Crippen LogP contribution in [0.5, 0.6) is 0 Å². The molecule has 0 fully saturated rings. The molecule has 2 amide bonds. The van der Waals surface area contributed by atoms with Gasteiger partial charge in [-0.2, -0.15) is 0 Å². The number of amides is 2. The maximum Gasteiger partial charge on any atom is 0.315 e. The first-order chi connectivity index (χ1) is 11.5. The van der Waals surface area contributed by atoms with Crippen molar-refractivity contribution in [2.45, 2.75) is 46.1 Å². The lowest BCUT2D eigenvalue weighted by atomic mass is 9.75. The Kier molecular flexibility index (Phi) is 5.83. The highest BCUT2D eigenvalue weighted by Gasteiger charge is 2.35. The summed E-state index contributed by atoms with van der Waals surface area (Å²) in [5.41, 5.74) is 1.12. The van der Waals surface area contributed by atoms with Crippen molar-refractivity contribution in [3.63, 3.8) is 0 Å². The normalized spacial score (nSPS) is 19.5. The van der Waals surface area contributed by atoms with Crippen LogP contribution in [0.4, 0.5) is 4.79 Å². The van der Waals surface area contributed by atoms with E-state index in [0.717, 1.165) is 29.9 Å². The van der Waals surface area contributed by atoms with Crippen molar-refractivity contribution < 1.29 is 17.6 Å². The van der Waals surface area contributed by atoms with Gasteiger partial charge in [-0.1, -0.05) is 13.8 Å². The maximum absolute atomic E-state index is 12.2. The Morgan fingerprint density at radius 1 is 1.44 bits per heavy atom. The van der Waals surface area contributed by atoms with Crippen molar-refractivity contribution >= 4 is 16.1 Å². The second kappa shape index (κ2) is 7.37. The van der Waals surface area contributed by atoms with Gasteiger partial charge < -0.3 is 15.1 Å². The Bertz CT molecular complexity index is 724. The van der Waals surface area contributed by atoms with E-state index in [0.29, 0.717) is 19.5 Å². The van der Waals surface area contributed by atoms with E-state index in [9.17, 15) is 13.2 Å². The van der Waals surface area contributed by atoms with Crippen LogP contribution in [0.2, 0.25) is 0 Å². The minimum atomic E-state index is -3.18. The molecule has 1 aromatic rings.